The van der Waals surface area contributed by atoms with Crippen molar-refractivity contribution in [2.75, 3.05) is 13.7 Å². The predicted molar refractivity (Wildman–Crippen MR) is 73.7 cm³/mol. The molecule has 106 valence electrons. The lowest BCUT2D eigenvalue weighted by atomic mass is 9.77. The molecule has 0 aliphatic rings. The average Bonchev–Trinajstić information content (AvgIpc) is 2.38. The zero-order valence-electron chi connectivity index (χ0n) is 12.0. The predicted octanol–water partition coefficient (Wildman–Crippen LogP) is 3.21. The van der Waals surface area contributed by atoms with Gasteiger partial charge in [0.05, 0.1) is 19.1 Å². The normalized spacial score (nSPS) is 13.9. The molecule has 0 aliphatic carbocycles. The highest BCUT2D eigenvalue weighted by atomic mass is 16.5. The van der Waals surface area contributed by atoms with Gasteiger partial charge in [-0.3, -0.25) is 4.79 Å². The van der Waals surface area contributed by atoms with Crippen LogP contribution in [0.3, 0.4) is 0 Å². The summed E-state index contributed by atoms with van der Waals surface area (Å²) in [6, 6.07) is 7.35. The van der Waals surface area contributed by atoms with Gasteiger partial charge in [0.15, 0.2) is 11.5 Å². The second-order valence-corrected chi connectivity index (χ2v) is 5.13. The van der Waals surface area contributed by atoms with Gasteiger partial charge in [0, 0.05) is 0 Å². The molecule has 0 bridgehead atoms. The number of methoxy groups -OCH3 is 1. The van der Waals surface area contributed by atoms with Gasteiger partial charge in [-0.1, -0.05) is 26.0 Å². The van der Waals surface area contributed by atoms with Crippen molar-refractivity contribution < 1.29 is 19.4 Å². The number of carbonyl (C=O) groups is 1. The van der Waals surface area contributed by atoms with Crippen molar-refractivity contribution in [2.45, 2.75) is 27.2 Å². The summed E-state index contributed by atoms with van der Waals surface area (Å²) in [5.41, 5.74) is -0.776. The molecule has 0 aromatic heterocycles. The maximum atomic E-state index is 11.3. The van der Waals surface area contributed by atoms with Crippen molar-refractivity contribution in [2.24, 2.45) is 11.3 Å². The first kappa shape index (κ1) is 15.3. The monoisotopic (exact) mass is 266 g/mol. The fourth-order valence-corrected chi connectivity index (χ4v) is 1.75. The summed E-state index contributed by atoms with van der Waals surface area (Å²) in [6.45, 7) is 5.93. The van der Waals surface area contributed by atoms with Gasteiger partial charge in [-0.05, 0) is 31.4 Å². The highest BCUT2D eigenvalue weighted by molar-refractivity contribution is 5.74. The molecule has 0 aliphatic heterocycles. The Bertz CT molecular complexity index is 428. The molecular weight excluding hydrogens is 244 g/mol. The molecule has 1 aromatic carbocycles. The number of para-hydroxylation sites is 2. The van der Waals surface area contributed by atoms with Crippen LogP contribution in [0.1, 0.15) is 27.2 Å². The summed E-state index contributed by atoms with van der Waals surface area (Å²) in [5.74, 6) is 0.558. The van der Waals surface area contributed by atoms with Gasteiger partial charge in [0.1, 0.15) is 0 Å². The van der Waals surface area contributed by atoms with Gasteiger partial charge in [-0.2, -0.15) is 0 Å². The van der Waals surface area contributed by atoms with Crippen molar-refractivity contribution in [3.63, 3.8) is 0 Å². The molecule has 1 unspecified atom stereocenters. The summed E-state index contributed by atoms with van der Waals surface area (Å²) in [5, 5.41) is 9.32. The van der Waals surface area contributed by atoms with E-state index in [0.29, 0.717) is 24.5 Å². The van der Waals surface area contributed by atoms with E-state index in [4.69, 9.17) is 9.47 Å². The maximum Gasteiger partial charge on any atom is 0.309 e. The van der Waals surface area contributed by atoms with E-state index >= 15 is 0 Å². The standard InChI is InChI=1S/C15H22O4/c1-11(2)15(3,14(16)17)9-10-19-13-8-6-5-7-12(13)18-4/h5-8,11H,9-10H2,1-4H3,(H,16,17). The largest absolute Gasteiger partial charge is 0.493 e. The molecule has 1 rings (SSSR count). The van der Waals surface area contributed by atoms with Crippen LogP contribution in [0.25, 0.3) is 0 Å². The zero-order valence-corrected chi connectivity index (χ0v) is 12.0. The summed E-state index contributed by atoms with van der Waals surface area (Å²) in [4.78, 5) is 11.3. The maximum absolute atomic E-state index is 11.3. The molecule has 1 aromatic rings. The molecule has 0 fully saturated rings. The van der Waals surface area contributed by atoms with Crippen molar-refractivity contribution in [1.82, 2.24) is 0 Å². The third-order valence-electron chi connectivity index (χ3n) is 3.71. The lowest BCUT2D eigenvalue weighted by Gasteiger charge is -2.28. The van der Waals surface area contributed by atoms with Crippen LogP contribution < -0.4 is 9.47 Å². The number of hydrogen-bond acceptors (Lipinski definition) is 3. The second-order valence-electron chi connectivity index (χ2n) is 5.13. The fraction of sp³-hybridized carbons (Fsp3) is 0.533. The van der Waals surface area contributed by atoms with Crippen molar-refractivity contribution >= 4 is 5.97 Å². The first-order valence-corrected chi connectivity index (χ1v) is 6.41. The molecule has 0 saturated carbocycles. The van der Waals surface area contributed by atoms with Crippen LogP contribution in [0.2, 0.25) is 0 Å². The van der Waals surface area contributed by atoms with Gasteiger partial charge in [-0.25, -0.2) is 0 Å². The number of hydrogen-bond donors (Lipinski definition) is 1. The van der Waals surface area contributed by atoms with Crippen molar-refractivity contribution in [3.05, 3.63) is 24.3 Å². The molecule has 1 atom stereocenters. The fourth-order valence-electron chi connectivity index (χ4n) is 1.75. The Morgan fingerprint density at radius 2 is 1.89 bits per heavy atom. The summed E-state index contributed by atoms with van der Waals surface area (Å²) in [7, 11) is 1.58. The van der Waals surface area contributed by atoms with Crippen LogP contribution in [0.15, 0.2) is 24.3 Å². The Labute approximate surface area is 114 Å². The first-order valence-electron chi connectivity index (χ1n) is 6.41. The molecule has 4 heteroatoms. The Morgan fingerprint density at radius 1 is 1.32 bits per heavy atom. The van der Waals surface area contributed by atoms with Gasteiger partial charge >= 0.3 is 5.97 Å². The molecule has 0 radical (unpaired) electrons. The Hall–Kier alpha value is -1.71. The van der Waals surface area contributed by atoms with E-state index in [1.807, 2.05) is 38.1 Å². The highest BCUT2D eigenvalue weighted by Crippen LogP contribution is 2.32. The summed E-state index contributed by atoms with van der Waals surface area (Å²) >= 11 is 0. The zero-order chi connectivity index (χ0) is 14.5. The van der Waals surface area contributed by atoms with Crippen LogP contribution >= 0.6 is 0 Å². The SMILES string of the molecule is COc1ccccc1OCCC(C)(C(=O)O)C(C)C. The van der Waals surface area contributed by atoms with Crippen LogP contribution in [-0.4, -0.2) is 24.8 Å². The van der Waals surface area contributed by atoms with Crippen LogP contribution in [0, 0.1) is 11.3 Å². The molecular formula is C15H22O4. The third kappa shape index (κ3) is 3.63. The first-order chi connectivity index (χ1) is 8.91. The number of benzene rings is 1. The minimum atomic E-state index is -0.786. The molecule has 0 saturated heterocycles. The van der Waals surface area contributed by atoms with Crippen molar-refractivity contribution in [1.29, 1.82) is 0 Å². The highest BCUT2D eigenvalue weighted by Gasteiger charge is 2.36. The topological polar surface area (TPSA) is 55.8 Å². The third-order valence-corrected chi connectivity index (χ3v) is 3.71. The van der Waals surface area contributed by atoms with Crippen LogP contribution in [-0.2, 0) is 4.79 Å². The van der Waals surface area contributed by atoms with E-state index in [1.54, 1.807) is 14.0 Å². The second kappa shape index (κ2) is 6.45. The Balaban J connectivity index is 2.65. The summed E-state index contributed by atoms with van der Waals surface area (Å²) in [6.07, 6.45) is 0.456. The van der Waals surface area contributed by atoms with Crippen molar-refractivity contribution in [3.8, 4) is 11.5 Å². The molecule has 19 heavy (non-hydrogen) atoms. The Kier molecular flexibility index (Phi) is 5.21. The minimum Gasteiger partial charge on any atom is -0.493 e. The van der Waals surface area contributed by atoms with E-state index in [1.165, 1.54) is 0 Å². The van der Waals surface area contributed by atoms with Gasteiger partial charge < -0.3 is 14.6 Å². The number of aliphatic carboxylic acids is 1. The molecule has 0 amide bonds. The number of carboxylic acid groups (broad SMARTS) is 1. The molecule has 0 heterocycles. The molecule has 1 N–H and O–H groups in total. The molecule has 0 spiro atoms. The number of rotatable bonds is 7. The quantitative estimate of drug-likeness (QED) is 0.823. The van der Waals surface area contributed by atoms with Gasteiger partial charge in [0.2, 0.25) is 0 Å². The lowest BCUT2D eigenvalue weighted by molar-refractivity contribution is -0.151. The van der Waals surface area contributed by atoms with E-state index in [-0.39, 0.29) is 5.92 Å². The Morgan fingerprint density at radius 3 is 2.37 bits per heavy atom. The summed E-state index contributed by atoms with van der Waals surface area (Å²) < 4.78 is 10.8. The average molecular weight is 266 g/mol. The lowest BCUT2D eigenvalue weighted by Crippen LogP contribution is -2.34. The van der Waals surface area contributed by atoms with E-state index < -0.39 is 11.4 Å². The number of ether oxygens (including phenoxy) is 2. The van der Waals surface area contributed by atoms with Crippen LogP contribution in [0.5, 0.6) is 11.5 Å². The smallest absolute Gasteiger partial charge is 0.309 e. The van der Waals surface area contributed by atoms with Gasteiger partial charge in [0.25, 0.3) is 0 Å². The number of carboxylic acids is 1. The molecule has 4 nitrogen and oxygen atoms in total. The van der Waals surface area contributed by atoms with E-state index in [9.17, 15) is 9.90 Å². The van der Waals surface area contributed by atoms with E-state index in [2.05, 4.69) is 0 Å². The minimum absolute atomic E-state index is 0.0475. The van der Waals surface area contributed by atoms with Gasteiger partial charge in [-0.15, -0.1) is 0 Å². The van der Waals surface area contributed by atoms with Crippen LogP contribution in [0.4, 0.5) is 0 Å². The van der Waals surface area contributed by atoms with E-state index in [0.717, 1.165) is 0 Å².